The third kappa shape index (κ3) is 5.42. The van der Waals surface area contributed by atoms with Crippen molar-refractivity contribution in [3.05, 3.63) is 36.3 Å². The van der Waals surface area contributed by atoms with E-state index in [-0.39, 0.29) is 19.2 Å². The van der Waals surface area contributed by atoms with Crippen LogP contribution < -0.4 is 15.4 Å². The number of likely N-dealkylation sites (N-methyl/N-ethyl adjacent to an activating group) is 1. The number of nitrogens with zero attached hydrogens (tertiary/aromatic N) is 3. The average Bonchev–Trinajstić information content (AvgIpc) is 2.62. The van der Waals surface area contributed by atoms with Gasteiger partial charge in [-0.2, -0.15) is 0 Å². The Hall–Kier alpha value is -2.32. The highest BCUT2D eigenvalue weighted by atomic mass is 19.1. The molecule has 1 unspecified atom stereocenters. The number of alkyl halides is 1. The number of hydrogen-bond donors (Lipinski definition) is 2. The fourth-order valence-electron chi connectivity index (χ4n) is 1.78. The van der Waals surface area contributed by atoms with Crippen molar-refractivity contribution in [1.29, 1.82) is 0 Å². The summed E-state index contributed by atoms with van der Waals surface area (Å²) in [5.74, 6) is -0.669. The van der Waals surface area contributed by atoms with Gasteiger partial charge in [0.2, 0.25) is 5.79 Å². The summed E-state index contributed by atoms with van der Waals surface area (Å²) in [6.07, 6.45) is 12.4. The lowest BCUT2D eigenvalue weighted by atomic mass is 10.2. The topological polar surface area (TPSA) is 80.7 Å². The molecule has 1 atom stereocenters. The van der Waals surface area contributed by atoms with Crippen molar-refractivity contribution in [2.24, 2.45) is 4.99 Å². The van der Waals surface area contributed by atoms with E-state index in [2.05, 4.69) is 25.6 Å². The number of aliphatic imine (C=N–C) groups is 1. The Morgan fingerprint density at radius 1 is 1.30 bits per heavy atom. The molecule has 0 aliphatic carbocycles. The Kier molecular flexibility index (Phi) is 6.64. The first-order chi connectivity index (χ1) is 11.3. The Morgan fingerprint density at radius 2 is 2.13 bits per heavy atom. The van der Waals surface area contributed by atoms with Gasteiger partial charge in [-0.05, 0) is 19.2 Å². The van der Waals surface area contributed by atoms with Gasteiger partial charge in [0.1, 0.15) is 13.3 Å². The van der Waals surface area contributed by atoms with Crippen LogP contribution in [0.5, 0.6) is 6.01 Å². The number of aromatic nitrogens is 2. The number of allylic oxidation sites excluding steroid dienone is 1. The van der Waals surface area contributed by atoms with Crippen LogP contribution in [0.3, 0.4) is 0 Å². The summed E-state index contributed by atoms with van der Waals surface area (Å²) in [5.41, 5.74) is 0.812. The van der Waals surface area contributed by atoms with Crippen LogP contribution in [-0.2, 0) is 4.74 Å². The molecule has 1 aliphatic rings. The smallest absolute Gasteiger partial charge is 0.316 e. The lowest BCUT2D eigenvalue weighted by Gasteiger charge is -2.27. The van der Waals surface area contributed by atoms with Gasteiger partial charge in [0.15, 0.2) is 0 Å². The first kappa shape index (κ1) is 17.0. The molecule has 0 radical (unpaired) electrons. The van der Waals surface area contributed by atoms with E-state index in [1.807, 2.05) is 31.5 Å². The number of hydrogen-bond acceptors (Lipinski definition) is 7. The molecule has 8 heteroatoms. The highest BCUT2D eigenvalue weighted by Crippen LogP contribution is 2.11. The Balaban J connectivity index is 1.86. The molecule has 2 rings (SSSR count). The van der Waals surface area contributed by atoms with Crippen molar-refractivity contribution in [3.8, 4) is 6.01 Å². The van der Waals surface area contributed by atoms with Crippen LogP contribution in [0.15, 0.2) is 35.7 Å². The van der Waals surface area contributed by atoms with Gasteiger partial charge in [-0.25, -0.2) is 19.4 Å². The molecule has 0 fully saturated rings. The number of nitrogens with one attached hydrogen (secondary N) is 2. The maximum absolute atomic E-state index is 11.8. The molecule has 0 aromatic carbocycles. The summed E-state index contributed by atoms with van der Waals surface area (Å²) < 4.78 is 22.1. The van der Waals surface area contributed by atoms with Crippen molar-refractivity contribution in [3.63, 3.8) is 0 Å². The molecule has 7 nitrogen and oxygen atoms in total. The minimum atomic E-state index is -0.669. The van der Waals surface area contributed by atoms with Gasteiger partial charge in [0.05, 0.1) is 13.2 Å². The van der Waals surface area contributed by atoms with Gasteiger partial charge in [-0.15, -0.1) is 0 Å². The van der Waals surface area contributed by atoms with Crippen LogP contribution in [0.2, 0.25) is 0 Å². The zero-order valence-electron chi connectivity index (χ0n) is 12.9. The zero-order valence-corrected chi connectivity index (χ0v) is 12.9. The second kappa shape index (κ2) is 8.96. The molecular formula is C15H20FN5O2. The fourth-order valence-corrected chi connectivity index (χ4v) is 1.78. The van der Waals surface area contributed by atoms with Gasteiger partial charge >= 0.3 is 6.01 Å². The molecule has 2 N–H and O–H groups in total. The number of rotatable bonds is 9. The van der Waals surface area contributed by atoms with E-state index in [1.54, 1.807) is 18.6 Å². The second-order valence-corrected chi connectivity index (χ2v) is 4.58. The number of halogens is 1. The molecule has 0 saturated carbocycles. The van der Waals surface area contributed by atoms with Gasteiger partial charge in [-0.1, -0.05) is 6.08 Å². The van der Waals surface area contributed by atoms with E-state index >= 15 is 0 Å². The summed E-state index contributed by atoms with van der Waals surface area (Å²) >= 11 is 0. The van der Waals surface area contributed by atoms with Crippen LogP contribution in [0.4, 0.5) is 4.39 Å². The summed E-state index contributed by atoms with van der Waals surface area (Å²) in [6.45, 7) is 0.160. The predicted octanol–water partition coefficient (Wildman–Crippen LogP) is 0.916. The fraction of sp³-hybridized carbons (Fsp3) is 0.400. The Morgan fingerprint density at radius 3 is 2.78 bits per heavy atom. The third-order valence-corrected chi connectivity index (χ3v) is 2.99. The predicted molar refractivity (Wildman–Crippen MR) is 85.9 cm³/mol. The number of ether oxygens (including phenoxy) is 2. The molecule has 1 aliphatic heterocycles. The molecule has 23 heavy (non-hydrogen) atoms. The van der Waals surface area contributed by atoms with E-state index in [4.69, 9.17) is 9.47 Å². The molecule has 0 bridgehead atoms. The maximum atomic E-state index is 11.8. The molecule has 0 spiro atoms. The van der Waals surface area contributed by atoms with E-state index < -0.39 is 12.5 Å². The largest absolute Gasteiger partial charge is 0.461 e. The van der Waals surface area contributed by atoms with E-state index in [0.29, 0.717) is 6.61 Å². The minimum absolute atomic E-state index is 0.0763. The molecular weight excluding hydrogens is 301 g/mol. The van der Waals surface area contributed by atoms with Crippen molar-refractivity contribution < 1.29 is 13.9 Å². The standard InChI is InChI=1S/C15H20FN5O2/c1-17-15(20-6-2-7-21-15)4-3-13-11-18-14(19-12-13)23-10-9-22-8-5-16/h2-4,6-7,11-12,17,20H,5,8-10H2,1H3. The van der Waals surface area contributed by atoms with Crippen molar-refractivity contribution in [2.45, 2.75) is 5.79 Å². The van der Waals surface area contributed by atoms with Gasteiger partial charge in [0, 0.05) is 30.4 Å². The minimum Gasteiger partial charge on any atom is -0.461 e. The van der Waals surface area contributed by atoms with E-state index in [1.165, 1.54) is 0 Å². The highest BCUT2D eigenvalue weighted by Gasteiger charge is 2.21. The van der Waals surface area contributed by atoms with Crippen LogP contribution in [0.25, 0.3) is 6.08 Å². The first-order valence-corrected chi connectivity index (χ1v) is 7.23. The normalized spacial score (nSPS) is 19.9. The van der Waals surface area contributed by atoms with Crippen molar-refractivity contribution in [2.75, 3.05) is 33.5 Å². The summed E-state index contributed by atoms with van der Waals surface area (Å²) in [5, 5.41) is 6.22. The van der Waals surface area contributed by atoms with Gasteiger partial charge in [0.25, 0.3) is 0 Å². The lowest BCUT2D eigenvalue weighted by Crippen LogP contribution is -2.51. The summed E-state index contributed by atoms with van der Waals surface area (Å²) in [4.78, 5) is 12.6. The van der Waals surface area contributed by atoms with E-state index in [0.717, 1.165) is 5.56 Å². The van der Waals surface area contributed by atoms with Crippen LogP contribution in [-0.4, -0.2) is 55.5 Å². The second-order valence-electron chi connectivity index (χ2n) is 4.58. The SMILES string of the molecule is CNC1(C=Cc2cnc(OCCOCCF)nc2)N=CC=CN1. The molecule has 124 valence electrons. The molecule has 1 aromatic rings. The third-order valence-electron chi connectivity index (χ3n) is 2.99. The highest BCUT2D eigenvalue weighted by molar-refractivity contribution is 5.73. The average molecular weight is 321 g/mol. The van der Waals surface area contributed by atoms with Gasteiger partial charge in [-0.3, -0.25) is 5.32 Å². The van der Waals surface area contributed by atoms with Crippen molar-refractivity contribution in [1.82, 2.24) is 20.6 Å². The Bertz CT molecular complexity index is 561. The molecule has 0 amide bonds. The Labute approximate surface area is 134 Å². The summed E-state index contributed by atoms with van der Waals surface area (Å²) in [7, 11) is 1.81. The van der Waals surface area contributed by atoms with Crippen molar-refractivity contribution >= 4 is 12.3 Å². The van der Waals surface area contributed by atoms with Crippen LogP contribution in [0.1, 0.15) is 5.56 Å². The first-order valence-electron chi connectivity index (χ1n) is 7.23. The molecule has 0 saturated heterocycles. The van der Waals surface area contributed by atoms with Crippen LogP contribution >= 0.6 is 0 Å². The van der Waals surface area contributed by atoms with Crippen LogP contribution in [0, 0.1) is 0 Å². The quantitative estimate of drug-likeness (QED) is 0.658. The zero-order chi connectivity index (χ0) is 16.4. The van der Waals surface area contributed by atoms with Gasteiger partial charge < -0.3 is 14.8 Å². The maximum Gasteiger partial charge on any atom is 0.316 e. The lowest BCUT2D eigenvalue weighted by molar-refractivity contribution is 0.0868. The molecule has 1 aromatic heterocycles. The summed E-state index contributed by atoms with van der Waals surface area (Å²) in [6, 6.07) is 0.256. The molecule has 2 heterocycles. The van der Waals surface area contributed by atoms with E-state index in [9.17, 15) is 4.39 Å². The monoisotopic (exact) mass is 321 g/mol.